The Morgan fingerprint density at radius 2 is 1.65 bits per heavy atom. The Balaban J connectivity index is 1.42. The van der Waals surface area contributed by atoms with E-state index < -0.39 is 5.63 Å². The normalized spacial score (nSPS) is 14.4. The number of piperazine rings is 1. The molecule has 0 saturated carbocycles. The van der Waals surface area contributed by atoms with Gasteiger partial charge < -0.3 is 14.2 Å². The maximum absolute atomic E-state index is 13.2. The quantitative estimate of drug-likeness (QED) is 0.359. The highest BCUT2D eigenvalue weighted by atomic mass is 16.4. The number of rotatable bonds is 2. The van der Waals surface area contributed by atoms with Crippen LogP contribution < -0.4 is 10.5 Å². The highest BCUT2D eigenvalue weighted by Gasteiger charge is 2.25. The largest absolute Gasteiger partial charge is 0.422 e. The molecule has 0 atom stereocenters. The lowest BCUT2D eigenvalue weighted by molar-refractivity contribution is 0.0742. The average Bonchev–Trinajstić information content (AvgIpc) is 2.78. The highest BCUT2D eigenvalue weighted by molar-refractivity contribution is 6.07. The first kappa shape index (κ1) is 19.4. The van der Waals surface area contributed by atoms with Gasteiger partial charge in [0.25, 0.3) is 5.91 Å². The Labute approximate surface area is 180 Å². The summed E-state index contributed by atoms with van der Waals surface area (Å²) in [5, 5.41) is 2.80. The third-order valence-electron chi connectivity index (χ3n) is 6.13. The summed E-state index contributed by atoms with van der Waals surface area (Å²) in [6.07, 6.45) is 0. The van der Waals surface area contributed by atoms with Crippen LogP contribution in [0.15, 0.2) is 69.9 Å². The van der Waals surface area contributed by atoms with E-state index in [1.165, 1.54) is 16.8 Å². The third kappa shape index (κ3) is 3.46. The molecule has 0 unspecified atom stereocenters. The van der Waals surface area contributed by atoms with Crippen molar-refractivity contribution < 1.29 is 9.21 Å². The molecule has 1 aromatic heterocycles. The topological polar surface area (TPSA) is 53.8 Å². The van der Waals surface area contributed by atoms with Gasteiger partial charge in [0.05, 0.1) is 0 Å². The predicted octanol–water partition coefficient (Wildman–Crippen LogP) is 4.53. The van der Waals surface area contributed by atoms with Gasteiger partial charge in [-0.05, 0) is 48.4 Å². The molecule has 1 fully saturated rings. The minimum Gasteiger partial charge on any atom is -0.422 e. The van der Waals surface area contributed by atoms with Crippen LogP contribution in [-0.2, 0) is 0 Å². The van der Waals surface area contributed by atoms with E-state index >= 15 is 0 Å². The van der Waals surface area contributed by atoms with E-state index in [9.17, 15) is 9.59 Å². The summed E-state index contributed by atoms with van der Waals surface area (Å²) in [6, 6.07) is 19.7. The molecule has 5 nitrogen and oxygen atoms in total. The first-order valence-electron chi connectivity index (χ1n) is 10.6. The van der Waals surface area contributed by atoms with Crippen LogP contribution in [0.25, 0.3) is 21.7 Å². The van der Waals surface area contributed by atoms with Gasteiger partial charge in [0.1, 0.15) is 11.1 Å². The van der Waals surface area contributed by atoms with E-state index in [1.807, 2.05) is 30.3 Å². The van der Waals surface area contributed by atoms with Crippen molar-refractivity contribution in [3.05, 3.63) is 87.8 Å². The number of aryl methyl sites for hydroxylation is 2. The second-order valence-electron chi connectivity index (χ2n) is 8.22. The molecular weight excluding hydrogens is 388 g/mol. The summed E-state index contributed by atoms with van der Waals surface area (Å²) in [5.41, 5.74) is 3.70. The number of hydrogen-bond donors (Lipinski definition) is 0. The molecule has 2 heterocycles. The molecule has 156 valence electrons. The lowest BCUT2D eigenvalue weighted by Gasteiger charge is -2.36. The molecule has 0 radical (unpaired) electrons. The molecule has 0 spiro atoms. The van der Waals surface area contributed by atoms with Gasteiger partial charge in [-0.2, -0.15) is 0 Å². The van der Waals surface area contributed by atoms with Gasteiger partial charge in [-0.15, -0.1) is 0 Å². The van der Waals surface area contributed by atoms with Crippen LogP contribution in [0.2, 0.25) is 0 Å². The highest BCUT2D eigenvalue weighted by Crippen LogP contribution is 2.26. The fourth-order valence-electron chi connectivity index (χ4n) is 4.50. The Morgan fingerprint density at radius 3 is 2.42 bits per heavy atom. The Bertz CT molecular complexity index is 1360. The van der Waals surface area contributed by atoms with Crippen molar-refractivity contribution in [2.24, 2.45) is 0 Å². The first-order valence-corrected chi connectivity index (χ1v) is 10.6. The molecule has 1 amide bonds. The fraction of sp³-hybridized carbons (Fsp3) is 0.231. The van der Waals surface area contributed by atoms with Crippen LogP contribution in [-0.4, -0.2) is 37.0 Å². The molecule has 5 rings (SSSR count). The van der Waals surface area contributed by atoms with Crippen molar-refractivity contribution in [1.29, 1.82) is 0 Å². The van der Waals surface area contributed by atoms with Crippen LogP contribution in [0.1, 0.15) is 21.5 Å². The lowest BCUT2D eigenvalue weighted by atomic mass is 10.0. The lowest BCUT2D eigenvalue weighted by Crippen LogP contribution is -2.49. The summed E-state index contributed by atoms with van der Waals surface area (Å²) in [4.78, 5) is 29.8. The number of amides is 1. The maximum atomic E-state index is 13.2. The molecule has 0 aliphatic carbocycles. The molecule has 1 aliphatic rings. The van der Waals surface area contributed by atoms with Crippen molar-refractivity contribution in [3.63, 3.8) is 0 Å². The molecule has 1 aliphatic heterocycles. The van der Waals surface area contributed by atoms with Crippen LogP contribution in [0.4, 0.5) is 5.69 Å². The van der Waals surface area contributed by atoms with Gasteiger partial charge in [-0.3, -0.25) is 4.79 Å². The molecule has 4 aromatic rings. The van der Waals surface area contributed by atoms with Gasteiger partial charge in [-0.25, -0.2) is 4.79 Å². The molecule has 3 aromatic carbocycles. The number of carbonyl (C=O) groups is 1. The van der Waals surface area contributed by atoms with Crippen LogP contribution in [0.5, 0.6) is 0 Å². The minimum atomic E-state index is -0.579. The van der Waals surface area contributed by atoms with Gasteiger partial charge in [0.15, 0.2) is 0 Å². The second kappa shape index (κ2) is 7.58. The van der Waals surface area contributed by atoms with Crippen molar-refractivity contribution in [2.45, 2.75) is 13.8 Å². The van der Waals surface area contributed by atoms with E-state index in [0.29, 0.717) is 18.7 Å². The number of fused-ring (bicyclic) bond motifs is 3. The van der Waals surface area contributed by atoms with E-state index in [-0.39, 0.29) is 11.5 Å². The predicted molar refractivity (Wildman–Crippen MR) is 124 cm³/mol. The van der Waals surface area contributed by atoms with Crippen molar-refractivity contribution in [1.82, 2.24) is 4.90 Å². The van der Waals surface area contributed by atoms with E-state index in [2.05, 4.69) is 36.9 Å². The average molecular weight is 412 g/mol. The van der Waals surface area contributed by atoms with E-state index in [4.69, 9.17) is 4.42 Å². The smallest absolute Gasteiger partial charge is 0.349 e. The SMILES string of the molecule is Cc1ccc(N2CCN(C(=O)c3cc4c(ccc5ccccc54)oc3=O)CC2)c(C)c1. The Hall–Kier alpha value is -3.60. The van der Waals surface area contributed by atoms with Crippen LogP contribution in [0, 0.1) is 13.8 Å². The van der Waals surface area contributed by atoms with Gasteiger partial charge >= 0.3 is 5.63 Å². The van der Waals surface area contributed by atoms with E-state index in [1.54, 1.807) is 17.0 Å². The van der Waals surface area contributed by atoms with E-state index in [0.717, 1.165) is 29.2 Å². The second-order valence-corrected chi connectivity index (χ2v) is 8.22. The molecule has 0 N–H and O–H groups in total. The van der Waals surface area contributed by atoms with Crippen LogP contribution in [0.3, 0.4) is 0 Å². The summed E-state index contributed by atoms with van der Waals surface area (Å²) >= 11 is 0. The van der Waals surface area contributed by atoms with Gasteiger partial charge in [-0.1, -0.05) is 48.0 Å². The fourth-order valence-corrected chi connectivity index (χ4v) is 4.50. The molecular formula is C26H24N2O3. The Kier molecular flexibility index (Phi) is 4.74. The number of anilines is 1. The van der Waals surface area contributed by atoms with Crippen molar-refractivity contribution in [3.8, 4) is 0 Å². The summed E-state index contributed by atoms with van der Waals surface area (Å²) in [5.74, 6) is -0.260. The number of nitrogens with zero attached hydrogens (tertiary/aromatic N) is 2. The van der Waals surface area contributed by atoms with Gasteiger partial charge in [0, 0.05) is 37.3 Å². The zero-order valence-electron chi connectivity index (χ0n) is 17.7. The zero-order chi connectivity index (χ0) is 21.5. The number of benzene rings is 3. The summed E-state index contributed by atoms with van der Waals surface area (Å²) in [6.45, 7) is 6.81. The van der Waals surface area contributed by atoms with Crippen molar-refractivity contribution >= 4 is 33.3 Å². The molecule has 5 heteroatoms. The number of carbonyl (C=O) groups excluding carboxylic acids is 1. The minimum absolute atomic E-state index is 0.101. The molecule has 1 saturated heterocycles. The van der Waals surface area contributed by atoms with Crippen molar-refractivity contribution in [2.75, 3.05) is 31.1 Å². The number of hydrogen-bond acceptors (Lipinski definition) is 4. The monoisotopic (exact) mass is 412 g/mol. The summed E-state index contributed by atoms with van der Waals surface area (Å²) in [7, 11) is 0. The zero-order valence-corrected chi connectivity index (χ0v) is 17.7. The summed E-state index contributed by atoms with van der Waals surface area (Å²) < 4.78 is 5.52. The maximum Gasteiger partial charge on any atom is 0.349 e. The first-order chi connectivity index (χ1) is 15.0. The van der Waals surface area contributed by atoms with Gasteiger partial charge in [0.2, 0.25) is 0 Å². The standard InChI is InChI=1S/C26H24N2O3/c1-17-7-9-23(18(2)15-17)27-11-13-28(14-12-27)25(29)22-16-21-20-6-4-3-5-19(20)8-10-24(21)31-26(22)30/h3-10,15-16H,11-14H2,1-2H3. The van der Waals surface area contributed by atoms with Crippen LogP contribution >= 0.6 is 0 Å². The molecule has 31 heavy (non-hydrogen) atoms. The third-order valence-corrected chi connectivity index (χ3v) is 6.13. The Morgan fingerprint density at radius 1 is 0.871 bits per heavy atom. The molecule has 0 bridgehead atoms.